The number of nitrogens with one attached hydrogen (secondary N) is 1. The van der Waals surface area contributed by atoms with Crippen LogP contribution in [-0.4, -0.2) is 42.1 Å². The number of aryl methyl sites for hydroxylation is 1. The molecule has 1 N–H and O–H groups in total. The first-order valence-electron chi connectivity index (χ1n) is 11.3. The Hall–Kier alpha value is -4.13. The summed E-state index contributed by atoms with van der Waals surface area (Å²) in [5.74, 6) is 1.16. The van der Waals surface area contributed by atoms with Crippen molar-refractivity contribution in [3.8, 4) is 5.75 Å². The summed E-state index contributed by atoms with van der Waals surface area (Å²) >= 11 is 0. The molecule has 34 heavy (non-hydrogen) atoms. The standard InChI is InChI=1S/C27H28N4O3/c1-30(20-11-4-3-5-12-20)26(32)19-31-23-15-8-7-14-22(23)29-25(31)17-10-18-28-27(33)21-13-6-9-16-24(21)34-2/h3-9,11-16H,10,17-19H2,1-2H3,(H,28,33). The van der Waals surface area contributed by atoms with E-state index >= 15 is 0 Å². The van der Waals surface area contributed by atoms with Gasteiger partial charge in [0.15, 0.2) is 0 Å². The molecule has 0 aliphatic rings. The number of ether oxygens (including phenoxy) is 1. The molecule has 0 unspecified atom stereocenters. The number of rotatable bonds is 9. The number of amides is 2. The second-order valence-corrected chi connectivity index (χ2v) is 7.95. The molecule has 174 valence electrons. The van der Waals surface area contributed by atoms with Crippen molar-refractivity contribution in [3.05, 3.63) is 90.3 Å². The fraction of sp³-hybridized carbons (Fsp3) is 0.222. The van der Waals surface area contributed by atoms with Gasteiger partial charge in [0.25, 0.3) is 5.91 Å². The van der Waals surface area contributed by atoms with E-state index in [1.165, 1.54) is 0 Å². The van der Waals surface area contributed by atoms with E-state index in [0.717, 1.165) is 22.5 Å². The normalized spacial score (nSPS) is 10.8. The highest BCUT2D eigenvalue weighted by Crippen LogP contribution is 2.20. The molecule has 0 bridgehead atoms. The van der Waals surface area contributed by atoms with Crippen LogP contribution < -0.4 is 15.0 Å². The van der Waals surface area contributed by atoms with E-state index in [4.69, 9.17) is 9.72 Å². The minimum Gasteiger partial charge on any atom is -0.496 e. The van der Waals surface area contributed by atoms with Gasteiger partial charge in [-0.05, 0) is 42.8 Å². The van der Waals surface area contributed by atoms with Gasteiger partial charge >= 0.3 is 0 Å². The molecule has 0 atom stereocenters. The largest absolute Gasteiger partial charge is 0.496 e. The van der Waals surface area contributed by atoms with Crippen molar-refractivity contribution in [2.24, 2.45) is 0 Å². The average Bonchev–Trinajstić information content (AvgIpc) is 3.23. The summed E-state index contributed by atoms with van der Waals surface area (Å²) in [5.41, 5.74) is 3.13. The number of fused-ring (bicyclic) bond motifs is 1. The van der Waals surface area contributed by atoms with Gasteiger partial charge in [-0.2, -0.15) is 0 Å². The number of likely N-dealkylation sites (N-methyl/N-ethyl adjacent to an activating group) is 1. The number of carbonyl (C=O) groups excluding carboxylic acids is 2. The SMILES string of the molecule is COc1ccccc1C(=O)NCCCc1nc2ccccc2n1CC(=O)N(C)c1ccccc1. The van der Waals surface area contributed by atoms with Crippen LogP contribution in [0.2, 0.25) is 0 Å². The average molecular weight is 457 g/mol. The molecule has 1 heterocycles. The molecule has 0 aliphatic carbocycles. The third kappa shape index (κ3) is 5.09. The van der Waals surface area contributed by atoms with Crippen LogP contribution in [0.25, 0.3) is 11.0 Å². The van der Waals surface area contributed by atoms with Crippen molar-refractivity contribution in [1.82, 2.24) is 14.9 Å². The third-order valence-corrected chi connectivity index (χ3v) is 5.76. The maximum Gasteiger partial charge on any atom is 0.255 e. The van der Waals surface area contributed by atoms with E-state index in [-0.39, 0.29) is 18.4 Å². The zero-order valence-electron chi connectivity index (χ0n) is 19.4. The predicted molar refractivity (Wildman–Crippen MR) is 133 cm³/mol. The molecule has 4 rings (SSSR count). The second kappa shape index (κ2) is 10.7. The van der Waals surface area contributed by atoms with Crippen LogP contribution in [0.1, 0.15) is 22.6 Å². The summed E-state index contributed by atoms with van der Waals surface area (Å²) in [5, 5.41) is 2.95. The molecule has 0 fully saturated rings. The number of benzene rings is 3. The van der Waals surface area contributed by atoms with Crippen LogP contribution in [0.15, 0.2) is 78.9 Å². The van der Waals surface area contributed by atoms with Crippen molar-refractivity contribution in [1.29, 1.82) is 0 Å². The van der Waals surface area contributed by atoms with Gasteiger partial charge in [0.1, 0.15) is 18.1 Å². The zero-order chi connectivity index (χ0) is 23.9. The Balaban J connectivity index is 1.44. The number of para-hydroxylation sites is 4. The number of hydrogen-bond donors (Lipinski definition) is 1. The first kappa shape index (κ1) is 23.0. The van der Waals surface area contributed by atoms with Gasteiger partial charge in [0.05, 0.1) is 23.7 Å². The Bertz CT molecular complexity index is 1280. The van der Waals surface area contributed by atoms with E-state index in [2.05, 4.69) is 5.32 Å². The molecule has 1 aromatic heterocycles. The van der Waals surface area contributed by atoms with E-state index in [1.807, 2.05) is 71.3 Å². The number of methoxy groups -OCH3 is 1. The zero-order valence-corrected chi connectivity index (χ0v) is 19.4. The fourth-order valence-corrected chi connectivity index (χ4v) is 3.91. The maximum atomic E-state index is 13.1. The molecular formula is C27H28N4O3. The van der Waals surface area contributed by atoms with Gasteiger partial charge in [0, 0.05) is 25.7 Å². The van der Waals surface area contributed by atoms with E-state index in [9.17, 15) is 9.59 Å². The quantitative estimate of drug-likeness (QED) is 0.385. The number of carbonyl (C=O) groups is 2. The van der Waals surface area contributed by atoms with Crippen LogP contribution in [0, 0.1) is 0 Å². The molecule has 7 heteroatoms. The van der Waals surface area contributed by atoms with Gasteiger partial charge in [-0.15, -0.1) is 0 Å². The molecule has 3 aromatic carbocycles. The van der Waals surface area contributed by atoms with Crippen LogP contribution in [0.4, 0.5) is 5.69 Å². The van der Waals surface area contributed by atoms with Crippen LogP contribution >= 0.6 is 0 Å². The lowest BCUT2D eigenvalue weighted by Crippen LogP contribution is -2.30. The van der Waals surface area contributed by atoms with Gasteiger partial charge in [0.2, 0.25) is 5.91 Å². The van der Waals surface area contributed by atoms with Gasteiger partial charge in [-0.1, -0.05) is 42.5 Å². The number of imidazole rings is 1. The lowest BCUT2D eigenvalue weighted by Gasteiger charge is -2.18. The van der Waals surface area contributed by atoms with Crippen LogP contribution in [0.3, 0.4) is 0 Å². The summed E-state index contributed by atoms with van der Waals surface area (Å²) in [7, 11) is 3.33. The summed E-state index contributed by atoms with van der Waals surface area (Å²) in [4.78, 5) is 32.0. The first-order chi connectivity index (χ1) is 16.6. The molecule has 4 aromatic rings. The molecule has 0 radical (unpaired) electrons. The lowest BCUT2D eigenvalue weighted by molar-refractivity contribution is -0.118. The van der Waals surface area contributed by atoms with Gasteiger partial charge < -0.3 is 19.5 Å². The fourth-order valence-electron chi connectivity index (χ4n) is 3.91. The Kier molecular flexibility index (Phi) is 7.22. The number of nitrogens with zero attached hydrogens (tertiary/aromatic N) is 3. The van der Waals surface area contributed by atoms with E-state index in [1.54, 1.807) is 31.2 Å². The van der Waals surface area contributed by atoms with Crippen molar-refractivity contribution in [3.63, 3.8) is 0 Å². The lowest BCUT2D eigenvalue weighted by atomic mass is 10.2. The third-order valence-electron chi connectivity index (χ3n) is 5.76. The molecule has 0 aliphatic heterocycles. The summed E-state index contributed by atoms with van der Waals surface area (Å²) in [6.45, 7) is 0.673. The first-order valence-corrected chi connectivity index (χ1v) is 11.3. The minimum absolute atomic E-state index is 0.0277. The minimum atomic E-state index is -0.175. The molecule has 0 saturated carbocycles. The van der Waals surface area contributed by atoms with Crippen molar-refractivity contribution in [2.75, 3.05) is 25.6 Å². The van der Waals surface area contributed by atoms with Crippen molar-refractivity contribution < 1.29 is 14.3 Å². The van der Waals surface area contributed by atoms with E-state index < -0.39 is 0 Å². The number of aromatic nitrogens is 2. The van der Waals surface area contributed by atoms with E-state index in [0.29, 0.717) is 30.7 Å². The topological polar surface area (TPSA) is 76.5 Å². The Morgan fingerprint density at radius 3 is 2.47 bits per heavy atom. The highest BCUT2D eigenvalue weighted by Gasteiger charge is 2.17. The van der Waals surface area contributed by atoms with Gasteiger partial charge in [-0.25, -0.2) is 4.98 Å². The second-order valence-electron chi connectivity index (χ2n) is 7.95. The number of hydrogen-bond acceptors (Lipinski definition) is 4. The van der Waals surface area contributed by atoms with Crippen LogP contribution in [0.5, 0.6) is 5.75 Å². The molecule has 0 spiro atoms. The van der Waals surface area contributed by atoms with Crippen molar-refractivity contribution >= 4 is 28.5 Å². The van der Waals surface area contributed by atoms with Crippen molar-refractivity contribution in [2.45, 2.75) is 19.4 Å². The summed E-state index contributed by atoms with van der Waals surface area (Å²) in [6, 6.07) is 24.5. The Labute approximate surface area is 199 Å². The van der Waals surface area contributed by atoms with Crippen LogP contribution in [-0.2, 0) is 17.8 Å². The highest BCUT2D eigenvalue weighted by atomic mass is 16.5. The Morgan fingerprint density at radius 1 is 0.971 bits per heavy atom. The summed E-state index contributed by atoms with van der Waals surface area (Å²) in [6.07, 6.45) is 1.32. The smallest absolute Gasteiger partial charge is 0.255 e. The highest BCUT2D eigenvalue weighted by molar-refractivity contribution is 5.97. The predicted octanol–water partition coefficient (Wildman–Crippen LogP) is 4.07. The van der Waals surface area contributed by atoms with Gasteiger partial charge in [-0.3, -0.25) is 9.59 Å². The number of anilines is 1. The molecule has 0 saturated heterocycles. The molecule has 2 amide bonds. The molecule has 7 nitrogen and oxygen atoms in total. The maximum absolute atomic E-state index is 13.1. The molecular weight excluding hydrogens is 428 g/mol. The Morgan fingerprint density at radius 2 is 1.68 bits per heavy atom. The summed E-state index contributed by atoms with van der Waals surface area (Å²) < 4.78 is 7.24. The monoisotopic (exact) mass is 456 g/mol.